The molecule has 5 nitrogen and oxygen atoms in total. The highest BCUT2D eigenvalue weighted by Gasteiger charge is 2.15. The standard InChI is InChI=1S/C27H24Cl2N2O3/c1-27(2,3)18-8-5-16(6-9-18)26-31-22-15-20(10-11-23(22)34-26)30-24(32)12-7-17-13-19(28)14-21(29)25(17)33-4/h5-15H,1-4H3,(H,30,32). The molecule has 0 aliphatic rings. The van der Waals surface area contributed by atoms with Crippen LogP contribution in [0, 0.1) is 0 Å². The summed E-state index contributed by atoms with van der Waals surface area (Å²) in [7, 11) is 1.51. The van der Waals surface area contributed by atoms with Crippen molar-refractivity contribution in [2.24, 2.45) is 0 Å². The Morgan fingerprint density at radius 3 is 2.47 bits per heavy atom. The molecule has 4 rings (SSSR count). The molecule has 4 aromatic rings. The maximum Gasteiger partial charge on any atom is 0.248 e. The van der Waals surface area contributed by atoms with Gasteiger partial charge in [0.05, 0.1) is 12.1 Å². The number of ether oxygens (including phenoxy) is 1. The Bertz CT molecular complexity index is 1380. The first-order valence-corrected chi connectivity index (χ1v) is 11.4. The van der Waals surface area contributed by atoms with Gasteiger partial charge in [-0.3, -0.25) is 4.79 Å². The molecular weight excluding hydrogens is 471 g/mol. The van der Waals surface area contributed by atoms with Gasteiger partial charge >= 0.3 is 0 Å². The zero-order valence-corrected chi connectivity index (χ0v) is 20.8. The third-order valence-electron chi connectivity index (χ3n) is 5.31. The Balaban J connectivity index is 1.51. The van der Waals surface area contributed by atoms with Gasteiger partial charge in [0.15, 0.2) is 5.58 Å². The molecule has 0 aliphatic heterocycles. The Kier molecular flexibility index (Phi) is 6.69. The second-order valence-electron chi connectivity index (χ2n) is 8.86. The third kappa shape index (κ3) is 5.27. The van der Waals surface area contributed by atoms with Crippen molar-refractivity contribution in [3.63, 3.8) is 0 Å². The summed E-state index contributed by atoms with van der Waals surface area (Å²) in [4.78, 5) is 17.1. The molecule has 0 fully saturated rings. The number of anilines is 1. The van der Waals surface area contributed by atoms with E-state index in [9.17, 15) is 4.79 Å². The predicted octanol–water partition coefficient (Wildman–Crippen LogP) is 7.76. The molecule has 1 N–H and O–H groups in total. The fraction of sp³-hybridized carbons (Fsp3) is 0.185. The second-order valence-corrected chi connectivity index (χ2v) is 9.71. The van der Waals surface area contributed by atoms with Crippen LogP contribution in [0.25, 0.3) is 28.6 Å². The van der Waals surface area contributed by atoms with Crippen LogP contribution in [0.3, 0.4) is 0 Å². The van der Waals surface area contributed by atoms with E-state index in [0.29, 0.717) is 44.0 Å². The van der Waals surface area contributed by atoms with Crippen molar-refractivity contribution in [2.45, 2.75) is 26.2 Å². The normalized spacial score (nSPS) is 11.8. The number of hydrogen-bond acceptors (Lipinski definition) is 4. The number of halogens is 2. The molecule has 1 amide bonds. The molecule has 0 atom stereocenters. The van der Waals surface area contributed by atoms with E-state index in [-0.39, 0.29) is 11.3 Å². The number of rotatable bonds is 5. The Hall–Kier alpha value is -3.28. The summed E-state index contributed by atoms with van der Waals surface area (Å²) in [5, 5.41) is 3.65. The lowest BCUT2D eigenvalue weighted by atomic mass is 9.87. The molecule has 3 aromatic carbocycles. The number of nitrogens with one attached hydrogen (secondary N) is 1. The number of hydrogen-bond donors (Lipinski definition) is 1. The molecular formula is C27H24Cl2N2O3. The third-order valence-corrected chi connectivity index (χ3v) is 5.81. The van der Waals surface area contributed by atoms with Crippen LogP contribution in [0.1, 0.15) is 31.9 Å². The van der Waals surface area contributed by atoms with Crippen LogP contribution in [0.5, 0.6) is 5.75 Å². The highest BCUT2D eigenvalue weighted by molar-refractivity contribution is 6.36. The summed E-state index contributed by atoms with van der Waals surface area (Å²) in [6.45, 7) is 6.52. The molecule has 0 bridgehead atoms. The molecule has 0 radical (unpaired) electrons. The topological polar surface area (TPSA) is 64.4 Å². The molecule has 1 heterocycles. The Morgan fingerprint density at radius 2 is 1.79 bits per heavy atom. The van der Waals surface area contributed by atoms with Crippen molar-refractivity contribution >= 4 is 52.0 Å². The first-order chi connectivity index (χ1) is 16.1. The molecule has 0 saturated carbocycles. The van der Waals surface area contributed by atoms with E-state index < -0.39 is 0 Å². The fourth-order valence-electron chi connectivity index (χ4n) is 3.51. The van der Waals surface area contributed by atoms with Gasteiger partial charge in [-0.25, -0.2) is 4.98 Å². The van der Waals surface area contributed by atoms with Crippen molar-refractivity contribution < 1.29 is 13.9 Å². The number of carbonyl (C=O) groups is 1. The number of methoxy groups -OCH3 is 1. The Morgan fingerprint density at radius 1 is 1.06 bits per heavy atom. The van der Waals surface area contributed by atoms with Gasteiger partial charge in [-0.15, -0.1) is 0 Å². The van der Waals surface area contributed by atoms with E-state index in [1.807, 2.05) is 12.1 Å². The van der Waals surface area contributed by atoms with E-state index >= 15 is 0 Å². The second kappa shape index (κ2) is 9.53. The largest absolute Gasteiger partial charge is 0.495 e. The minimum Gasteiger partial charge on any atom is -0.495 e. The van der Waals surface area contributed by atoms with Gasteiger partial charge in [-0.1, -0.05) is 56.1 Å². The monoisotopic (exact) mass is 494 g/mol. The maximum absolute atomic E-state index is 12.5. The van der Waals surface area contributed by atoms with Crippen molar-refractivity contribution in [1.29, 1.82) is 0 Å². The van der Waals surface area contributed by atoms with Gasteiger partial charge in [-0.2, -0.15) is 0 Å². The number of nitrogens with zero attached hydrogens (tertiary/aromatic N) is 1. The average molecular weight is 495 g/mol. The number of aromatic nitrogens is 1. The summed E-state index contributed by atoms with van der Waals surface area (Å²) in [6, 6.07) is 16.8. The molecule has 0 unspecified atom stereocenters. The molecule has 1 aromatic heterocycles. The van der Waals surface area contributed by atoms with Gasteiger partial charge in [0, 0.05) is 27.9 Å². The SMILES string of the molecule is COc1c(Cl)cc(Cl)cc1C=CC(=O)Nc1ccc2oc(-c3ccc(C(C)(C)C)cc3)nc2c1. The summed E-state index contributed by atoms with van der Waals surface area (Å²) < 4.78 is 11.2. The highest BCUT2D eigenvalue weighted by Crippen LogP contribution is 2.33. The van der Waals surface area contributed by atoms with Gasteiger partial charge in [0.1, 0.15) is 11.3 Å². The van der Waals surface area contributed by atoms with Crippen molar-refractivity contribution in [1.82, 2.24) is 4.98 Å². The summed E-state index contributed by atoms with van der Waals surface area (Å²) in [5.41, 5.74) is 4.70. The number of amides is 1. The van der Waals surface area contributed by atoms with Gasteiger partial charge in [0.2, 0.25) is 11.8 Å². The molecule has 34 heavy (non-hydrogen) atoms. The maximum atomic E-state index is 12.5. The van der Waals surface area contributed by atoms with Crippen LogP contribution in [0.2, 0.25) is 10.0 Å². The number of benzene rings is 3. The first-order valence-electron chi connectivity index (χ1n) is 10.7. The van der Waals surface area contributed by atoms with Crippen LogP contribution >= 0.6 is 23.2 Å². The summed E-state index contributed by atoms with van der Waals surface area (Å²) >= 11 is 12.2. The molecule has 0 spiro atoms. The smallest absolute Gasteiger partial charge is 0.248 e. The van der Waals surface area contributed by atoms with Gasteiger partial charge in [-0.05, 0) is 59.5 Å². The Labute approximate surface area is 208 Å². The number of fused-ring (bicyclic) bond motifs is 1. The molecule has 174 valence electrons. The van der Waals surface area contributed by atoms with Crippen molar-refractivity contribution in [3.05, 3.63) is 81.8 Å². The number of carbonyl (C=O) groups excluding carboxylic acids is 1. The fourth-order valence-corrected chi connectivity index (χ4v) is 4.10. The first kappa shape index (κ1) is 23.9. The van der Waals surface area contributed by atoms with Crippen molar-refractivity contribution in [3.8, 4) is 17.2 Å². The van der Waals surface area contributed by atoms with E-state index in [2.05, 4.69) is 43.2 Å². The van der Waals surface area contributed by atoms with Crippen LogP contribution in [-0.2, 0) is 10.2 Å². The minimum atomic E-state index is -0.320. The number of oxazole rings is 1. The van der Waals surface area contributed by atoms with Crippen LogP contribution < -0.4 is 10.1 Å². The quantitative estimate of drug-likeness (QED) is 0.288. The van der Waals surface area contributed by atoms with E-state index in [1.165, 1.54) is 18.7 Å². The lowest BCUT2D eigenvalue weighted by molar-refractivity contribution is -0.111. The van der Waals surface area contributed by atoms with Gasteiger partial charge in [0.25, 0.3) is 0 Å². The van der Waals surface area contributed by atoms with Crippen LogP contribution in [0.4, 0.5) is 5.69 Å². The zero-order chi connectivity index (χ0) is 24.5. The lowest BCUT2D eigenvalue weighted by Gasteiger charge is -2.18. The minimum absolute atomic E-state index is 0.0750. The molecule has 0 aliphatic carbocycles. The highest BCUT2D eigenvalue weighted by atomic mass is 35.5. The predicted molar refractivity (Wildman–Crippen MR) is 139 cm³/mol. The summed E-state index contributed by atoms with van der Waals surface area (Å²) in [5.74, 6) is 0.657. The lowest BCUT2D eigenvalue weighted by Crippen LogP contribution is -2.10. The average Bonchev–Trinajstić information content (AvgIpc) is 3.20. The zero-order valence-electron chi connectivity index (χ0n) is 19.3. The van der Waals surface area contributed by atoms with Crippen LogP contribution in [-0.4, -0.2) is 18.0 Å². The van der Waals surface area contributed by atoms with Crippen LogP contribution in [0.15, 0.2) is 65.1 Å². The van der Waals surface area contributed by atoms with Gasteiger partial charge < -0.3 is 14.5 Å². The molecule has 0 saturated heterocycles. The molecule has 7 heteroatoms. The summed E-state index contributed by atoms with van der Waals surface area (Å²) in [6.07, 6.45) is 2.99. The van der Waals surface area contributed by atoms with Crippen molar-refractivity contribution in [2.75, 3.05) is 12.4 Å². The van der Waals surface area contributed by atoms with E-state index in [4.69, 9.17) is 32.4 Å². The van der Waals surface area contributed by atoms with E-state index in [1.54, 1.807) is 36.4 Å². The van der Waals surface area contributed by atoms with E-state index in [0.717, 1.165) is 5.56 Å².